The van der Waals surface area contributed by atoms with Crippen molar-refractivity contribution in [3.8, 4) is 18.4 Å². The summed E-state index contributed by atoms with van der Waals surface area (Å²) in [6.07, 6.45) is 10.3. The number of hydrogen-bond acceptors (Lipinski definition) is 10. The van der Waals surface area contributed by atoms with Crippen molar-refractivity contribution in [2.45, 2.75) is 56.8 Å². The summed E-state index contributed by atoms with van der Waals surface area (Å²) < 4.78 is 32.8. The molecule has 0 spiro atoms. The maximum Gasteiger partial charge on any atom is 0.318 e. The first kappa shape index (κ1) is 32.9. The smallest absolute Gasteiger partial charge is 0.318 e. The van der Waals surface area contributed by atoms with Gasteiger partial charge in [-0.2, -0.15) is 9.97 Å². The number of carbonyl (C=O) groups is 1. The Morgan fingerprint density at radius 2 is 2.02 bits per heavy atom. The summed E-state index contributed by atoms with van der Waals surface area (Å²) in [7, 11) is 0. The summed E-state index contributed by atoms with van der Waals surface area (Å²) in [5.41, 5.74) is 3.90. The van der Waals surface area contributed by atoms with Gasteiger partial charge in [-0.25, -0.2) is 4.39 Å². The molecule has 2 aliphatic carbocycles. The van der Waals surface area contributed by atoms with Crippen LogP contribution in [0.4, 0.5) is 10.2 Å². The first-order chi connectivity index (χ1) is 23.3. The molecule has 5 aliphatic rings. The van der Waals surface area contributed by atoms with E-state index in [1.165, 1.54) is 12.1 Å². The lowest BCUT2D eigenvalue weighted by Gasteiger charge is -2.41. The molecule has 2 saturated heterocycles. The number of halogens is 1. The Hall–Kier alpha value is -3.60. The minimum absolute atomic E-state index is 0.0803. The van der Waals surface area contributed by atoms with Crippen LogP contribution in [-0.4, -0.2) is 115 Å². The van der Waals surface area contributed by atoms with Gasteiger partial charge in [0.15, 0.2) is 0 Å². The summed E-state index contributed by atoms with van der Waals surface area (Å²) in [5, 5.41) is 13.8. The molecule has 4 heterocycles. The van der Waals surface area contributed by atoms with Gasteiger partial charge in [0.05, 0.1) is 56.4 Å². The van der Waals surface area contributed by atoms with Gasteiger partial charge in [-0.05, 0) is 55.4 Å². The molecule has 11 nitrogen and oxygen atoms in total. The molecule has 3 atom stereocenters. The van der Waals surface area contributed by atoms with Gasteiger partial charge in [0, 0.05) is 62.8 Å². The third-order valence-electron chi connectivity index (χ3n) is 10.4. The van der Waals surface area contributed by atoms with Crippen LogP contribution >= 0.6 is 0 Å². The number of nitrogens with zero attached hydrogens (tertiary/aromatic N) is 5. The molecular formula is C36H45FN6O5. The highest BCUT2D eigenvalue weighted by Gasteiger charge is 2.45. The van der Waals surface area contributed by atoms with E-state index in [0.717, 1.165) is 73.9 Å². The van der Waals surface area contributed by atoms with Crippen molar-refractivity contribution in [3.05, 3.63) is 58.6 Å². The number of carbonyl (C=O) groups excluding carboxylic acids is 1. The zero-order chi connectivity index (χ0) is 33.3. The van der Waals surface area contributed by atoms with Gasteiger partial charge in [-0.15, -0.1) is 6.42 Å². The van der Waals surface area contributed by atoms with Crippen LogP contribution in [0.5, 0.6) is 6.01 Å². The molecule has 1 aromatic carbocycles. The van der Waals surface area contributed by atoms with Crippen molar-refractivity contribution in [3.63, 3.8) is 0 Å². The maximum absolute atomic E-state index is 14.9. The molecule has 2 aromatic rings. The standard InChI is InChI=1S/C36H45FN6O5/c1-3-27-29(37)6-5-24-17-26(44)18-31(33(24)27)42-10-7-28-30(20-42)39-35(48-23-36(8-9-36)22-41-11-14-46-15-12-41)40-34(28)43-13-16-47-21-25(19-43)38-32(45)4-2/h1,4-6,25-26,31,44H,2,7-23H2,(H,38,45)/t25-,26?,31?/m1/s1. The van der Waals surface area contributed by atoms with E-state index in [1.54, 1.807) is 6.07 Å². The number of anilines is 1. The zero-order valence-electron chi connectivity index (χ0n) is 27.5. The van der Waals surface area contributed by atoms with Gasteiger partial charge in [0.1, 0.15) is 11.6 Å². The highest BCUT2D eigenvalue weighted by Crippen LogP contribution is 2.47. The molecule has 0 bridgehead atoms. The summed E-state index contributed by atoms with van der Waals surface area (Å²) in [6, 6.07) is 2.98. The number of fused-ring (bicyclic) bond motifs is 2. The van der Waals surface area contributed by atoms with Crippen molar-refractivity contribution in [2.75, 3.05) is 77.2 Å². The second kappa shape index (κ2) is 14.1. The van der Waals surface area contributed by atoms with E-state index < -0.39 is 11.9 Å². The highest BCUT2D eigenvalue weighted by atomic mass is 19.1. The van der Waals surface area contributed by atoms with E-state index in [2.05, 4.69) is 32.5 Å². The third-order valence-corrected chi connectivity index (χ3v) is 10.4. The second-order valence-corrected chi connectivity index (χ2v) is 13.8. The van der Waals surface area contributed by atoms with Crippen LogP contribution in [-0.2, 0) is 33.7 Å². The number of aliphatic hydroxyl groups is 1. The van der Waals surface area contributed by atoms with Gasteiger partial charge in [0.25, 0.3) is 0 Å². The van der Waals surface area contributed by atoms with Gasteiger partial charge in [-0.1, -0.05) is 18.6 Å². The fourth-order valence-electron chi connectivity index (χ4n) is 7.71. The highest BCUT2D eigenvalue weighted by molar-refractivity contribution is 5.87. The number of terminal acetylenes is 1. The third kappa shape index (κ3) is 7.07. The van der Waals surface area contributed by atoms with Crippen LogP contribution in [0.2, 0.25) is 0 Å². The van der Waals surface area contributed by atoms with Crippen molar-refractivity contribution >= 4 is 11.7 Å². The van der Waals surface area contributed by atoms with Crippen molar-refractivity contribution < 1.29 is 28.5 Å². The lowest BCUT2D eigenvalue weighted by Crippen LogP contribution is -2.45. The van der Waals surface area contributed by atoms with Crippen LogP contribution in [0.1, 0.15) is 53.3 Å². The van der Waals surface area contributed by atoms with E-state index in [4.69, 9.17) is 30.6 Å². The lowest BCUT2D eigenvalue weighted by molar-refractivity contribution is -0.117. The minimum atomic E-state index is -0.555. The van der Waals surface area contributed by atoms with Crippen LogP contribution < -0.4 is 15.0 Å². The average Bonchev–Trinajstić information content (AvgIpc) is 3.90. The van der Waals surface area contributed by atoms with Gasteiger partial charge in [0.2, 0.25) is 5.91 Å². The number of nitrogens with one attached hydrogen (secondary N) is 1. The summed E-state index contributed by atoms with van der Waals surface area (Å²) in [6.45, 7) is 11.6. The molecule has 2 unspecified atom stereocenters. The lowest BCUT2D eigenvalue weighted by atomic mass is 9.81. The Labute approximate surface area is 281 Å². The quantitative estimate of drug-likeness (QED) is 0.306. The summed E-state index contributed by atoms with van der Waals surface area (Å²) in [5.74, 6) is 2.71. The van der Waals surface area contributed by atoms with Crippen LogP contribution in [0.15, 0.2) is 24.8 Å². The average molecular weight is 661 g/mol. The number of aliphatic hydroxyl groups excluding tert-OH is 1. The first-order valence-electron chi connectivity index (χ1n) is 17.1. The van der Waals surface area contributed by atoms with Crippen molar-refractivity contribution in [1.82, 2.24) is 25.1 Å². The van der Waals surface area contributed by atoms with Crippen LogP contribution in [0.3, 0.4) is 0 Å². The van der Waals surface area contributed by atoms with Crippen molar-refractivity contribution in [2.24, 2.45) is 5.41 Å². The van der Waals surface area contributed by atoms with E-state index in [1.807, 2.05) is 0 Å². The first-order valence-corrected chi connectivity index (χ1v) is 17.1. The molecule has 7 rings (SSSR count). The topological polar surface area (TPSA) is 113 Å². The molecule has 1 aromatic heterocycles. The van der Waals surface area contributed by atoms with E-state index in [9.17, 15) is 14.3 Å². The molecule has 12 heteroatoms. The number of morpholine rings is 1. The number of ether oxygens (including phenoxy) is 3. The number of benzene rings is 1. The Kier molecular flexibility index (Phi) is 9.67. The van der Waals surface area contributed by atoms with Crippen molar-refractivity contribution in [1.29, 1.82) is 0 Å². The van der Waals surface area contributed by atoms with E-state index in [-0.39, 0.29) is 29.0 Å². The Balaban J connectivity index is 1.19. The number of amides is 1. The predicted molar refractivity (Wildman–Crippen MR) is 177 cm³/mol. The number of aromatic nitrogens is 2. The Morgan fingerprint density at radius 1 is 1.21 bits per heavy atom. The fraction of sp³-hybridized carbons (Fsp3) is 0.583. The predicted octanol–water partition coefficient (Wildman–Crippen LogP) is 2.00. The molecule has 3 aliphatic heterocycles. The monoisotopic (exact) mass is 660 g/mol. The fourth-order valence-corrected chi connectivity index (χ4v) is 7.71. The molecular weight excluding hydrogens is 615 g/mol. The second-order valence-electron chi connectivity index (χ2n) is 13.8. The molecule has 1 amide bonds. The van der Waals surface area contributed by atoms with Crippen LogP contribution in [0.25, 0.3) is 0 Å². The Bertz CT molecular complexity index is 1570. The van der Waals surface area contributed by atoms with E-state index in [0.29, 0.717) is 71.3 Å². The number of hydrogen-bond donors (Lipinski definition) is 2. The van der Waals surface area contributed by atoms with E-state index >= 15 is 0 Å². The number of rotatable bonds is 9. The molecule has 1 saturated carbocycles. The summed E-state index contributed by atoms with van der Waals surface area (Å²) >= 11 is 0. The van der Waals surface area contributed by atoms with Gasteiger partial charge < -0.3 is 29.5 Å². The largest absolute Gasteiger partial charge is 0.463 e. The zero-order valence-corrected chi connectivity index (χ0v) is 27.5. The normalized spacial score (nSPS) is 25.6. The SMILES string of the molecule is C#Cc1c(F)ccc2c1C(N1CCc3c(nc(OCC4(CN5CCOCC5)CC4)nc3N3CCOC[C@H](NC(=O)C=C)C3)C1)CC(O)C2. The van der Waals surface area contributed by atoms with Gasteiger partial charge >= 0.3 is 6.01 Å². The molecule has 3 fully saturated rings. The van der Waals surface area contributed by atoms with Gasteiger partial charge in [-0.3, -0.25) is 14.6 Å². The van der Waals surface area contributed by atoms with Crippen LogP contribution in [0, 0.1) is 23.6 Å². The molecule has 2 N–H and O–H groups in total. The molecule has 256 valence electrons. The Morgan fingerprint density at radius 3 is 2.79 bits per heavy atom. The molecule has 0 radical (unpaired) electrons. The minimum Gasteiger partial charge on any atom is -0.463 e. The summed E-state index contributed by atoms with van der Waals surface area (Å²) in [4.78, 5) is 29.1. The maximum atomic E-state index is 14.9. The molecule has 48 heavy (non-hydrogen) atoms.